The molecule has 1 atom stereocenters. The Morgan fingerprint density at radius 1 is 1.29 bits per heavy atom. The van der Waals surface area contributed by atoms with E-state index < -0.39 is 23.6 Å². The SMILES string of the molecule is Cc1cccc(F)c1C(N)C(F)(F)F. The molecule has 0 aromatic heterocycles. The summed E-state index contributed by atoms with van der Waals surface area (Å²) in [6.45, 7) is 1.39. The predicted octanol–water partition coefficient (Wildman–Crippen LogP) is 2.70. The van der Waals surface area contributed by atoms with E-state index in [1.54, 1.807) is 0 Å². The van der Waals surface area contributed by atoms with Crippen LogP contribution in [0.3, 0.4) is 0 Å². The van der Waals surface area contributed by atoms with Crippen LogP contribution in [-0.4, -0.2) is 6.18 Å². The lowest BCUT2D eigenvalue weighted by atomic mass is 10.0. The van der Waals surface area contributed by atoms with Gasteiger partial charge in [0, 0.05) is 5.56 Å². The first-order valence-corrected chi connectivity index (χ1v) is 3.91. The lowest BCUT2D eigenvalue weighted by Crippen LogP contribution is -2.30. The minimum absolute atomic E-state index is 0.204. The first kappa shape index (κ1) is 11.0. The van der Waals surface area contributed by atoms with Crippen molar-refractivity contribution in [1.82, 2.24) is 0 Å². The van der Waals surface area contributed by atoms with Crippen molar-refractivity contribution >= 4 is 0 Å². The second-order valence-corrected chi connectivity index (χ2v) is 2.99. The summed E-state index contributed by atoms with van der Waals surface area (Å²) >= 11 is 0. The van der Waals surface area contributed by atoms with Crippen LogP contribution >= 0.6 is 0 Å². The molecule has 2 N–H and O–H groups in total. The Morgan fingerprint density at radius 2 is 1.86 bits per heavy atom. The Bertz CT molecular complexity index is 312. The van der Waals surface area contributed by atoms with Gasteiger partial charge in [0.15, 0.2) is 0 Å². The number of hydrogen-bond acceptors (Lipinski definition) is 1. The Morgan fingerprint density at radius 3 is 2.29 bits per heavy atom. The van der Waals surface area contributed by atoms with Gasteiger partial charge in [0.2, 0.25) is 0 Å². The van der Waals surface area contributed by atoms with Crippen LogP contribution < -0.4 is 5.73 Å². The molecule has 1 rings (SSSR count). The van der Waals surface area contributed by atoms with E-state index in [2.05, 4.69) is 0 Å². The van der Waals surface area contributed by atoms with E-state index in [1.807, 2.05) is 0 Å². The number of hydrogen-bond donors (Lipinski definition) is 1. The maximum atomic E-state index is 13.1. The van der Waals surface area contributed by atoms with Crippen molar-refractivity contribution in [3.63, 3.8) is 0 Å². The summed E-state index contributed by atoms with van der Waals surface area (Å²) < 4.78 is 49.7. The summed E-state index contributed by atoms with van der Waals surface area (Å²) in [5, 5.41) is 0. The van der Waals surface area contributed by atoms with E-state index in [1.165, 1.54) is 19.1 Å². The first-order chi connectivity index (χ1) is 6.34. The molecule has 14 heavy (non-hydrogen) atoms. The summed E-state index contributed by atoms with van der Waals surface area (Å²) in [7, 11) is 0. The zero-order valence-corrected chi connectivity index (χ0v) is 7.40. The van der Waals surface area contributed by atoms with Crippen LogP contribution in [0.25, 0.3) is 0 Å². The van der Waals surface area contributed by atoms with Crippen molar-refractivity contribution in [3.8, 4) is 0 Å². The van der Waals surface area contributed by atoms with Gasteiger partial charge in [-0.25, -0.2) is 4.39 Å². The molecule has 1 unspecified atom stereocenters. The van der Waals surface area contributed by atoms with E-state index in [0.717, 1.165) is 6.07 Å². The van der Waals surface area contributed by atoms with Crippen LogP contribution in [0.1, 0.15) is 17.2 Å². The number of benzene rings is 1. The van der Waals surface area contributed by atoms with Crippen molar-refractivity contribution in [2.24, 2.45) is 5.73 Å². The Labute approximate surface area is 78.5 Å². The fourth-order valence-electron chi connectivity index (χ4n) is 1.20. The van der Waals surface area contributed by atoms with E-state index in [9.17, 15) is 17.6 Å². The minimum atomic E-state index is -4.62. The topological polar surface area (TPSA) is 26.0 Å². The van der Waals surface area contributed by atoms with Gasteiger partial charge in [0.25, 0.3) is 0 Å². The van der Waals surface area contributed by atoms with Crippen LogP contribution in [0.4, 0.5) is 17.6 Å². The molecule has 1 nitrogen and oxygen atoms in total. The third-order valence-electron chi connectivity index (χ3n) is 1.93. The number of nitrogens with two attached hydrogens (primary N) is 1. The maximum Gasteiger partial charge on any atom is 0.407 e. The van der Waals surface area contributed by atoms with Gasteiger partial charge in [0.05, 0.1) is 0 Å². The number of alkyl halides is 3. The zero-order chi connectivity index (χ0) is 10.9. The molecular formula is C9H9F4N. The van der Waals surface area contributed by atoms with Gasteiger partial charge >= 0.3 is 6.18 Å². The highest BCUT2D eigenvalue weighted by Crippen LogP contribution is 2.33. The van der Waals surface area contributed by atoms with Gasteiger partial charge < -0.3 is 5.73 Å². The Balaban J connectivity index is 3.19. The first-order valence-electron chi connectivity index (χ1n) is 3.91. The Hall–Kier alpha value is -1.10. The molecule has 0 radical (unpaired) electrons. The van der Waals surface area contributed by atoms with Crippen LogP contribution in [0.15, 0.2) is 18.2 Å². The predicted molar refractivity (Wildman–Crippen MR) is 44.1 cm³/mol. The molecule has 0 aliphatic heterocycles. The van der Waals surface area contributed by atoms with Gasteiger partial charge in [-0.1, -0.05) is 12.1 Å². The average Bonchev–Trinajstić information content (AvgIpc) is 2.01. The molecule has 0 aliphatic rings. The van der Waals surface area contributed by atoms with Crippen LogP contribution in [-0.2, 0) is 0 Å². The van der Waals surface area contributed by atoms with Crippen LogP contribution in [0.2, 0.25) is 0 Å². The maximum absolute atomic E-state index is 13.1. The third kappa shape index (κ3) is 2.04. The second kappa shape index (κ2) is 3.57. The average molecular weight is 207 g/mol. The molecule has 0 spiro atoms. The Kier molecular flexibility index (Phi) is 2.80. The van der Waals surface area contributed by atoms with E-state index in [0.29, 0.717) is 0 Å². The van der Waals surface area contributed by atoms with Gasteiger partial charge in [-0.15, -0.1) is 0 Å². The summed E-state index contributed by atoms with van der Waals surface area (Å²) in [6, 6.07) is 1.44. The normalized spacial score (nSPS) is 14.1. The quantitative estimate of drug-likeness (QED) is 0.704. The molecule has 0 bridgehead atoms. The van der Waals surface area contributed by atoms with Crippen molar-refractivity contribution in [2.75, 3.05) is 0 Å². The largest absolute Gasteiger partial charge is 0.407 e. The van der Waals surface area contributed by atoms with Crippen LogP contribution in [0, 0.1) is 12.7 Å². The smallest absolute Gasteiger partial charge is 0.316 e. The lowest BCUT2D eigenvalue weighted by molar-refractivity contribution is -0.149. The van der Waals surface area contributed by atoms with E-state index in [4.69, 9.17) is 5.73 Å². The molecule has 0 saturated heterocycles. The minimum Gasteiger partial charge on any atom is -0.316 e. The highest BCUT2D eigenvalue weighted by Gasteiger charge is 2.39. The van der Waals surface area contributed by atoms with Crippen LogP contribution in [0.5, 0.6) is 0 Å². The summed E-state index contributed by atoms with van der Waals surface area (Å²) in [5.41, 5.74) is 4.63. The monoisotopic (exact) mass is 207 g/mol. The van der Waals surface area contributed by atoms with E-state index >= 15 is 0 Å². The van der Waals surface area contributed by atoms with Crippen molar-refractivity contribution in [1.29, 1.82) is 0 Å². The summed E-state index contributed by atoms with van der Waals surface area (Å²) in [4.78, 5) is 0. The molecule has 1 aromatic rings. The molecule has 1 aromatic carbocycles. The molecule has 5 heteroatoms. The molecule has 0 heterocycles. The van der Waals surface area contributed by atoms with E-state index in [-0.39, 0.29) is 5.56 Å². The fraction of sp³-hybridized carbons (Fsp3) is 0.333. The number of rotatable bonds is 1. The summed E-state index contributed by atoms with van der Waals surface area (Å²) in [5.74, 6) is -0.921. The highest BCUT2D eigenvalue weighted by molar-refractivity contribution is 5.31. The fourth-order valence-corrected chi connectivity index (χ4v) is 1.20. The van der Waals surface area contributed by atoms with Crippen molar-refractivity contribution in [2.45, 2.75) is 19.1 Å². The highest BCUT2D eigenvalue weighted by atomic mass is 19.4. The van der Waals surface area contributed by atoms with Gasteiger partial charge in [-0.3, -0.25) is 0 Å². The third-order valence-corrected chi connectivity index (χ3v) is 1.93. The van der Waals surface area contributed by atoms with Crippen molar-refractivity contribution in [3.05, 3.63) is 35.1 Å². The molecule has 0 fully saturated rings. The molecule has 0 amide bonds. The lowest BCUT2D eigenvalue weighted by Gasteiger charge is -2.18. The molecule has 0 aliphatic carbocycles. The number of halogens is 4. The summed E-state index contributed by atoms with van der Waals surface area (Å²) in [6.07, 6.45) is -4.62. The second-order valence-electron chi connectivity index (χ2n) is 2.99. The standard InChI is InChI=1S/C9H9F4N/c1-5-3-2-4-6(10)7(5)8(14)9(11,12)13/h2-4,8H,14H2,1H3. The zero-order valence-electron chi connectivity index (χ0n) is 7.40. The molecule has 78 valence electrons. The number of aryl methyl sites for hydroxylation is 1. The van der Waals surface area contributed by atoms with Gasteiger partial charge in [0.1, 0.15) is 11.9 Å². The molecular weight excluding hydrogens is 198 g/mol. The van der Waals surface area contributed by atoms with Gasteiger partial charge in [-0.05, 0) is 18.6 Å². The van der Waals surface area contributed by atoms with Crippen molar-refractivity contribution < 1.29 is 17.6 Å². The molecule has 0 saturated carbocycles. The van der Waals surface area contributed by atoms with Gasteiger partial charge in [-0.2, -0.15) is 13.2 Å².